The van der Waals surface area contributed by atoms with E-state index in [1.807, 2.05) is 11.9 Å². The molecule has 0 aromatic heterocycles. The van der Waals surface area contributed by atoms with E-state index in [1.54, 1.807) is 0 Å². The molecule has 1 unspecified atom stereocenters. The van der Waals surface area contributed by atoms with Crippen molar-refractivity contribution < 1.29 is 41.2 Å². The van der Waals surface area contributed by atoms with E-state index in [4.69, 9.17) is 5.73 Å². The van der Waals surface area contributed by atoms with Crippen molar-refractivity contribution in [3.8, 4) is 0 Å². The highest BCUT2D eigenvalue weighted by atomic mass is 19.4. The molecule has 2 amide bonds. The van der Waals surface area contributed by atoms with Gasteiger partial charge in [-0.15, -0.1) is 5.17 Å². The van der Waals surface area contributed by atoms with Crippen molar-refractivity contribution in [2.24, 2.45) is 11.7 Å². The van der Waals surface area contributed by atoms with Crippen LogP contribution in [0.15, 0.2) is 30.3 Å². The summed E-state index contributed by atoms with van der Waals surface area (Å²) < 4.78 is 68.0. The van der Waals surface area contributed by atoms with Gasteiger partial charge in [-0.1, -0.05) is 0 Å². The number of hydrazine groups is 1. The lowest BCUT2D eigenvalue weighted by Crippen LogP contribution is -2.43. The summed E-state index contributed by atoms with van der Waals surface area (Å²) >= 11 is 0. The number of piperidine rings is 1. The molecular formula is C23H22F5N5O4. The number of primary amides is 1. The Morgan fingerprint density at radius 1 is 1.14 bits per heavy atom. The Balaban J connectivity index is 1.65. The van der Waals surface area contributed by atoms with Crippen molar-refractivity contribution in [2.75, 3.05) is 35.6 Å². The van der Waals surface area contributed by atoms with E-state index in [2.05, 4.69) is 10.2 Å². The molecule has 0 spiro atoms. The number of likely N-dealkylation sites (tertiary alicyclic amines) is 1. The third kappa shape index (κ3) is 5.43. The number of nitrogens with one attached hydrogen (secondary N) is 1. The maximum atomic E-state index is 15.0. The third-order valence-electron chi connectivity index (χ3n) is 6.05. The van der Waals surface area contributed by atoms with Crippen molar-refractivity contribution in [2.45, 2.75) is 25.6 Å². The van der Waals surface area contributed by atoms with Gasteiger partial charge in [0.1, 0.15) is 17.3 Å². The smallest absolute Gasteiger partial charge is 0.366 e. The van der Waals surface area contributed by atoms with Gasteiger partial charge in [-0.3, -0.25) is 9.59 Å². The summed E-state index contributed by atoms with van der Waals surface area (Å²) in [4.78, 5) is 42.6. The number of nitrogens with zero attached hydrogens (tertiary/aromatic N) is 3. The second kappa shape index (κ2) is 9.84. The van der Waals surface area contributed by atoms with Crippen LogP contribution in [-0.2, 0) is 21.0 Å². The first-order valence-corrected chi connectivity index (χ1v) is 11.1. The summed E-state index contributed by atoms with van der Waals surface area (Å²) in [6.07, 6.45) is -3.96. The summed E-state index contributed by atoms with van der Waals surface area (Å²) in [5, 5.41) is 3.74. The van der Waals surface area contributed by atoms with Crippen LogP contribution in [0.1, 0.15) is 28.8 Å². The normalized spacial score (nSPS) is 17.9. The number of rotatable bonds is 5. The van der Waals surface area contributed by atoms with Gasteiger partial charge in [-0.05, 0) is 50.7 Å². The maximum Gasteiger partial charge on any atom is 0.493 e. The van der Waals surface area contributed by atoms with Gasteiger partial charge in [-0.2, -0.15) is 13.2 Å². The summed E-state index contributed by atoms with van der Waals surface area (Å²) in [7, 11) is 1.87. The highest BCUT2D eigenvalue weighted by molar-refractivity contribution is 6.00. The number of fused-ring (bicyclic) bond motifs is 1. The minimum absolute atomic E-state index is 0.0389. The molecule has 4 rings (SSSR count). The molecule has 198 valence electrons. The van der Waals surface area contributed by atoms with E-state index >= 15 is 0 Å². The molecule has 3 N–H and O–H groups in total. The van der Waals surface area contributed by atoms with Crippen LogP contribution >= 0.6 is 0 Å². The molecule has 2 aliphatic rings. The van der Waals surface area contributed by atoms with Crippen LogP contribution in [0.2, 0.25) is 0 Å². The van der Waals surface area contributed by atoms with Crippen LogP contribution < -0.4 is 21.2 Å². The van der Waals surface area contributed by atoms with Gasteiger partial charge in [-0.25, -0.2) is 18.6 Å². The fourth-order valence-corrected chi connectivity index (χ4v) is 4.34. The first-order chi connectivity index (χ1) is 17.3. The van der Waals surface area contributed by atoms with Crippen molar-refractivity contribution in [1.82, 2.24) is 4.90 Å². The van der Waals surface area contributed by atoms with Gasteiger partial charge >= 0.3 is 12.1 Å². The molecule has 0 saturated carbocycles. The summed E-state index contributed by atoms with van der Waals surface area (Å²) in [6, 6.07) is 4.94. The number of nitrogens with two attached hydrogens (primary N) is 1. The molecule has 0 aliphatic carbocycles. The lowest BCUT2D eigenvalue weighted by atomic mass is 9.97. The minimum Gasteiger partial charge on any atom is -0.366 e. The van der Waals surface area contributed by atoms with Gasteiger partial charge in [0.2, 0.25) is 5.91 Å². The van der Waals surface area contributed by atoms with Crippen LogP contribution in [-0.4, -0.2) is 49.0 Å². The predicted molar refractivity (Wildman–Crippen MR) is 121 cm³/mol. The van der Waals surface area contributed by atoms with Gasteiger partial charge in [0, 0.05) is 18.2 Å². The Labute approximate surface area is 207 Å². The topological polar surface area (TPSA) is 108 Å². The molecule has 1 atom stereocenters. The molecule has 37 heavy (non-hydrogen) atoms. The van der Waals surface area contributed by atoms with E-state index in [9.17, 15) is 36.3 Å². The van der Waals surface area contributed by atoms with Crippen molar-refractivity contribution >= 4 is 34.8 Å². The third-order valence-corrected chi connectivity index (χ3v) is 6.05. The molecule has 9 nitrogen and oxygen atoms in total. The number of halogens is 5. The zero-order chi connectivity index (χ0) is 27.1. The number of hydrogen-bond donors (Lipinski definition) is 2. The number of carbonyl (C=O) groups is 3. The van der Waals surface area contributed by atoms with E-state index in [0.717, 1.165) is 30.1 Å². The second-order valence-electron chi connectivity index (χ2n) is 8.79. The average molecular weight is 527 g/mol. The van der Waals surface area contributed by atoms with Crippen LogP contribution in [0.5, 0.6) is 0 Å². The number of hydrogen-bond acceptors (Lipinski definition) is 7. The maximum absolute atomic E-state index is 15.0. The molecule has 2 heterocycles. The van der Waals surface area contributed by atoms with Gasteiger partial charge < -0.3 is 20.8 Å². The largest absolute Gasteiger partial charge is 0.493 e. The molecule has 0 radical (unpaired) electrons. The number of benzene rings is 2. The number of amides is 2. The molecule has 1 saturated heterocycles. The minimum atomic E-state index is -5.41. The van der Waals surface area contributed by atoms with Crippen LogP contribution in [0.25, 0.3) is 0 Å². The van der Waals surface area contributed by atoms with E-state index in [1.165, 1.54) is 12.1 Å². The fourth-order valence-electron chi connectivity index (χ4n) is 4.34. The standard InChI is InChI=1S/C23H22F5N5O4/c1-31-6-2-3-12(10-31)21(35)30-18-5-4-15(9-17(18)25)32-11-13-7-14(24)8-16(20(29)34)19(13)33(32)37-22(36)23(26,27)28/h4-5,7-9,12H,2-3,6,10-11H2,1H3,(H2,29,34)(H,30,35). The highest BCUT2D eigenvalue weighted by Gasteiger charge is 2.46. The summed E-state index contributed by atoms with van der Waals surface area (Å²) in [5.74, 6) is -6.38. The zero-order valence-electron chi connectivity index (χ0n) is 19.4. The van der Waals surface area contributed by atoms with Crippen LogP contribution in [0.3, 0.4) is 0 Å². The van der Waals surface area contributed by atoms with Gasteiger partial charge in [0.25, 0.3) is 5.91 Å². The molecule has 14 heteroatoms. The fraction of sp³-hybridized carbons (Fsp3) is 0.348. The lowest BCUT2D eigenvalue weighted by molar-refractivity contribution is -0.201. The van der Waals surface area contributed by atoms with E-state index in [-0.39, 0.29) is 28.8 Å². The van der Waals surface area contributed by atoms with Crippen molar-refractivity contribution in [3.05, 3.63) is 53.1 Å². The summed E-state index contributed by atoms with van der Waals surface area (Å²) in [6.45, 7) is 0.968. The SMILES string of the molecule is CN1CCCC(C(=O)Nc2ccc(N3Cc4cc(F)cc(C(N)=O)c4N3OC(=O)C(F)(F)F)cc2F)C1. The highest BCUT2D eigenvalue weighted by Crippen LogP contribution is 2.40. The Hall–Kier alpha value is -3.94. The van der Waals surface area contributed by atoms with Gasteiger partial charge in [0.05, 0.1) is 29.4 Å². The predicted octanol–water partition coefficient (Wildman–Crippen LogP) is 3.11. The molecule has 1 fully saturated rings. The van der Waals surface area contributed by atoms with E-state index < -0.39 is 47.5 Å². The monoisotopic (exact) mass is 527 g/mol. The molecular weight excluding hydrogens is 505 g/mol. The number of anilines is 3. The molecule has 2 aliphatic heterocycles. The average Bonchev–Trinajstić information content (AvgIpc) is 3.16. The van der Waals surface area contributed by atoms with Crippen LogP contribution in [0, 0.1) is 17.6 Å². The zero-order valence-corrected chi connectivity index (χ0v) is 19.4. The number of alkyl halides is 3. The Morgan fingerprint density at radius 2 is 1.86 bits per heavy atom. The molecule has 2 aromatic rings. The van der Waals surface area contributed by atoms with E-state index in [0.29, 0.717) is 24.2 Å². The Morgan fingerprint density at radius 3 is 2.49 bits per heavy atom. The molecule has 0 bridgehead atoms. The Kier molecular flexibility index (Phi) is 6.95. The van der Waals surface area contributed by atoms with Crippen molar-refractivity contribution in [1.29, 1.82) is 0 Å². The lowest BCUT2D eigenvalue weighted by Gasteiger charge is -2.30. The quantitative estimate of drug-likeness (QED) is 0.576. The number of carbonyl (C=O) groups excluding carboxylic acids is 3. The van der Waals surface area contributed by atoms with Crippen LogP contribution in [0.4, 0.5) is 39.0 Å². The Bertz CT molecular complexity index is 1250. The first kappa shape index (κ1) is 26.1. The molecule has 2 aromatic carbocycles. The van der Waals surface area contributed by atoms with Gasteiger partial charge in [0.15, 0.2) is 0 Å². The summed E-state index contributed by atoms with van der Waals surface area (Å²) in [5.41, 5.74) is 4.00. The first-order valence-electron chi connectivity index (χ1n) is 11.1. The second-order valence-corrected chi connectivity index (χ2v) is 8.79. The van der Waals surface area contributed by atoms with Crippen molar-refractivity contribution in [3.63, 3.8) is 0 Å².